The van der Waals surface area contributed by atoms with Crippen LogP contribution in [0.25, 0.3) is 0 Å². The molecule has 22 heavy (non-hydrogen) atoms. The van der Waals surface area contributed by atoms with Crippen LogP contribution in [-0.2, 0) is 0 Å². The van der Waals surface area contributed by atoms with Crippen molar-refractivity contribution >= 4 is 17.4 Å². The molecule has 1 aromatic rings. The van der Waals surface area contributed by atoms with Gasteiger partial charge in [-0.1, -0.05) is 13.0 Å². The fraction of sp³-hybridized carbons (Fsp3) is 0.667. The lowest BCUT2D eigenvalue weighted by Gasteiger charge is -2.23. The number of hydrogen-bond donors (Lipinski definition) is 1. The van der Waals surface area contributed by atoms with Crippen LogP contribution in [0, 0.1) is 0 Å². The summed E-state index contributed by atoms with van der Waals surface area (Å²) in [4.78, 5) is 16.9. The molecule has 7 heteroatoms. The second-order valence-electron chi connectivity index (χ2n) is 5.63. The van der Waals surface area contributed by atoms with Crippen LogP contribution in [0.1, 0.15) is 24.1 Å². The summed E-state index contributed by atoms with van der Waals surface area (Å²) < 4.78 is 24.8. The Bertz CT molecular complexity index is 456. The SMILES string of the molecule is C[C@@H](CNC(=O)N1CCCN(CC(F)F)CC1)c1cccs1. The number of carbonyl (C=O) groups is 1. The molecule has 0 radical (unpaired) electrons. The Morgan fingerprint density at radius 1 is 1.36 bits per heavy atom. The molecule has 1 N–H and O–H groups in total. The van der Waals surface area contributed by atoms with Crippen LogP contribution >= 0.6 is 11.3 Å². The molecular weight excluding hydrogens is 308 g/mol. The third-order valence-corrected chi connectivity index (χ3v) is 4.96. The van der Waals surface area contributed by atoms with Gasteiger partial charge in [-0.15, -0.1) is 11.3 Å². The van der Waals surface area contributed by atoms with E-state index in [0.29, 0.717) is 32.7 Å². The molecule has 0 unspecified atom stereocenters. The van der Waals surface area contributed by atoms with Gasteiger partial charge in [0.1, 0.15) is 0 Å². The number of nitrogens with one attached hydrogen (secondary N) is 1. The quantitative estimate of drug-likeness (QED) is 0.900. The van der Waals surface area contributed by atoms with E-state index in [-0.39, 0.29) is 18.5 Å². The molecule has 0 saturated carbocycles. The number of nitrogens with zero attached hydrogens (tertiary/aromatic N) is 2. The Labute approximate surface area is 134 Å². The smallest absolute Gasteiger partial charge is 0.317 e. The number of hydrogen-bond acceptors (Lipinski definition) is 3. The predicted octanol–water partition coefficient (Wildman–Crippen LogP) is 2.83. The number of carbonyl (C=O) groups excluding carboxylic acids is 1. The third-order valence-electron chi connectivity index (χ3n) is 3.86. The van der Waals surface area contributed by atoms with Crippen LogP contribution in [0.3, 0.4) is 0 Å². The summed E-state index contributed by atoms with van der Waals surface area (Å²) in [5, 5.41) is 4.98. The van der Waals surface area contributed by atoms with E-state index in [1.807, 2.05) is 11.4 Å². The van der Waals surface area contributed by atoms with Crippen molar-refractivity contribution in [1.29, 1.82) is 0 Å². The normalized spacial score (nSPS) is 18.3. The average molecular weight is 331 g/mol. The monoisotopic (exact) mass is 331 g/mol. The Balaban J connectivity index is 1.75. The van der Waals surface area contributed by atoms with Crippen LogP contribution < -0.4 is 5.32 Å². The fourth-order valence-corrected chi connectivity index (χ4v) is 3.36. The first-order valence-corrected chi connectivity index (χ1v) is 8.51. The van der Waals surface area contributed by atoms with Gasteiger partial charge in [-0.25, -0.2) is 13.6 Å². The maximum Gasteiger partial charge on any atom is 0.317 e. The molecule has 2 amide bonds. The van der Waals surface area contributed by atoms with Crippen molar-refractivity contribution in [3.05, 3.63) is 22.4 Å². The molecule has 2 rings (SSSR count). The fourth-order valence-electron chi connectivity index (χ4n) is 2.58. The number of alkyl halides is 2. The molecule has 0 spiro atoms. The summed E-state index contributed by atoms with van der Waals surface area (Å²) in [6, 6.07) is 3.97. The summed E-state index contributed by atoms with van der Waals surface area (Å²) >= 11 is 1.68. The van der Waals surface area contributed by atoms with Crippen molar-refractivity contribution < 1.29 is 13.6 Å². The van der Waals surface area contributed by atoms with Crippen LogP contribution in [0.15, 0.2) is 17.5 Å². The molecule has 0 aliphatic carbocycles. The summed E-state index contributed by atoms with van der Waals surface area (Å²) in [7, 11) is 0. The highest BCUT2D eigenvalue weighted by atomic mass is 32.1. The molecule has 2 heterocycles. The minimum Gasteiger partial charge on any atom is -0.337 e. The molecule has 1 saturated heterocycles. The van der Waals surface area contributed by atoms with Gasteiger partial charge in [0, 0.05) is 43.5 Å². The largest absolute Gasteiger partial charge is 0.337 e. The minimum absolute atomic E-state index is 0.0951. The van der Waals surface area contributed by atoms with Crippen LogP contribution in [-0.4, -0.2) is 61.5 Å². The van der Waals surface area contributed by atoms with Crippen molar-refractivity contribution in [1.82, 2.24) is 15.1 Å². The van der Waals surface area contributed by atoms with E-state index in [1.54, 1.807) is 21.1 Å². The Hall–Kier alpha value is -1.21. The van der Waals surface area contributed by atoms with Gasteiger partial charge >= 0.3 is 6.03 Å². The highest BCUT2D eigenvalue weighted by Crippen LogP contribution is 2.19. The molecule has 4 nitrogen and oxygen atoms in total. The first-order chi connectivity index (χ1) is 10.6. The van der Waals surface area contributed by atoms with E-state index in [0.717, 1.165) is 6.42 Å². The Morgan fingerprint density at radius 2 is 2.18 bits per heavy atom. The zero-order valence-electron chi connectivity index (χ0n) is 12.8. The topological polar surface area (TPSA) is 35.6 Å². The van der Waals surface area contributed by atoms with E-state index in [1.165, 1.54) is 4.88 Å². The Kier molecular flexibility index (Phi) is 6.57. The zero-order valence-corrected chi connectivity index (χ0v) is 13.6. The number of thiophene rings is 1. The summed E-state index contributed by atoms with van der Waals surface area (Å²) in [5.74, 6) is 0.284. The van der Waals surface area contributed by atoms with E-state index in [2.05, 4.69) is 18.3 Å². The van der Waals surface area contributed by atoms with Crippen LogP contribution in [0.4, 0.5) is 13.6 Å². The number of halogens is 2. The summed E-state index contributed by atoms with van der Waals surface area (Å²) in [6.07, 6.45) is -1.58. The van der Waals surface area contributed by atoms with E-state index >= 15 is 0 Å². The summed E-state index contributed by atoms with van der Waals surface area (Å²) in [5.41, 5.74) is 0. The van der Waals surface area contributed by atoms with Gasteiger partial charge in [-0.3, -0.25) is 4.90 Å². The second-order valence-corrected chi connectivity index (χ2v) is 6.61. The first kappa shape index (κ1) is 17.1. The molecule has 1 aliphatic rings. The molecular formula is C15H23F2N3OS. The predicted molar refractivity (Wildman–Crippen MR) is 84.8 cm³/mol. The lowest BCUT2D eigenvalue weighted by Crippen LogP contribution is -2.43. The molecule has 124 valence electrons. The molecule has 1 aromatic heterocycles. The molecule has 1 atom stereocenters. The minimum atomic E-state index is -2.31. The summed E-state index contributed by atoms with van der Waals surface area (Å²) in [6.45, 7) is 4.74. The number of amides is 2. The van der Waals surface area contributed by atoms with Gasteiger partial charge < -0.3 is 10.2 Å². The van der Waals surface area contributed by atoms with Crippen molar-refractivity contribution in [2.45, 2.75) is 25.7 Å². The van der Waals surface area contributed by atoms with Crippen molar-refractivity contribution in [3.63, 3.8) is 0 Å². The van der Waals surface area contributed by atoms with Gasteiger partial charge in [0.2, 0.25) is 0 Å². The third kappa shape index (κ3) is 5.21. The van der Waals surface area contributed by atoms with Crippen LogP contribution in [0.2, 0.25) is 0 Å². The number of rotatable bonds is 5. The van der Waals surface area contributed by atoms with E-state index < -0.39 is 6.43 Å². The maximum atomic E-state index is 12.4. The number of urea groups is 1. The highest BCUT2D eigenvalue weighted by Gasteiger charge is 2.21. The highest BCUT2D eigenvalue weighted by molar-refractivity contribution is 7.10. The van der Waals surface area contributed by atoms with Gasteiger partial charge in [-0.2, -0.15) is 0 Å². The standard InChI is InChI=1S/C15H23F2N3OS/c1-12(13-4-2-9-22-13)10-18-15(21)20-6-3-5-19(7-8-20)11-14(16)17/h2,4,9,12,14H,3,5-8,10-11H2,1H3,(H,18,21)/t12-/m0/s1. The van der Waals surface area contributed by atoms with Gasteiger partial charge in [0.05, 0.1) is 6.54 Å². The lowest BCUT2D eigenvalue weighted by atomic mass is 10.1. The lowest BCUT2D eigenvalue weighted by molar-refractivity contribution is 0.0904. The zero-order chi connectivity index (χ0) is 15.9. The maximum absolute atomic E-state index is 12.4. The average Bonchev–Trinajstić information content (AvgIpc) is 2.92. The van der Waals surface area contributed by atoms with E-state index in [4.69, 9.17) is 0 Å². The first-order valence-electron chi connectivity index (χ1n) is 7.63. The van der Waals surface area contributed by atoms with Gasteiger partial charge in [0.25, 0.3) is 6.43 Å². The molecule has 1 aliphatic heterocycles. The van der Waals surface area contributed by atoms with Crippen LogP contribution in [0.5, 0.6) is 0 Å². The van der Waals surface area contributed by atoms with Crippen molar-refractivity contribution in [2.24, 2.45) is 0 Å². The van der Waals surface area contributed by atoms with Gasteiger partial charge in [-0.05, 0) is 17.9 Å². The van der Waals surface area contributed by atoms with Crippen molar-refractivity contribution in [2.75, 3.05) is 39.3 Å². The van der Waals surface area contributed by atoms with Gasteiger partial charge in [0.15, 0.2) is 0 Å². The Morgan fingerprint density at radius 3 is 2.86 bits per heavy atom. The van der Waals surface area contributed by atoms with Crippen molar-refractivity contribution in [3.8, 4) is 0 Å². The molecule has 1 fully saturated rings. The molecule has 0 bridgehead atoms. The van der Waals surface area contributed by atoms with E-state index in [9.17, 15) is 13.6 Å². The molecule has 0 aromatic carbocycles. The second kappa shape index (κ2) is 8.43.